The van der Waals surface area contributed by atoms with Crippen LogP contribution in [0.5, 0.6) is 0 Å². The molecule has 1 saturated carbocycles. The molecule has 2 nitrogen and oxygen atoms in total. The van der Waals surface area contributed by atoms with Crippen molar-refractivity contribution in [2.24, 2.45) is 5.92 Å². The first kappa shape index (κ1) is 16.4. The van der Waals surface area contributed by atoms with Crippen LogP contribution in [0, 0.1) is 11.7 Å². The van der Waals surface area contributed by atoms with E-state index in [1.165, 1.54) is 18.9 Å². The Morgan fingerprint density at radius 2 is 2.10 bits per heavy atom. The Labute approximate surface area is 128 Å². The zero-order chi connectivity index (χ0) is 15.3. The van der Waals surface area contributed by atoms with Gasteiger partial charge in [0.1, 0.15) is 5.82 Å². The van der Waals surface area contributed by atoms with Crippen LogP contribution in [0.3, 0.4) is 0 Å². The fourth-order valence-electron chi connectivity index (χ4n) is 3.54. The number of hydrogen-bond donors (Lipinski definition) is 1. The van der Waals surface area contributed by atoms with Gasteiger partial charge in [0.05, 0.1) is 5.60 Å². The number of benzene rings is 1. The summed E-state index contributed by atoms with van der Waals surface area (Å²) >= 11 is 0. The molecule has 0 saturated heterocycles. The third-order valence-electron chi connectivity index (χ3n) is 4.94. The molecule has 1 atom stereocenters. The Bertz CT molecular complexity index is 441. The molecule has 3 heteroatoms. The van der Waals surface area contributed by atoms with Crippen LogP contribution < -0.4 is 5.32 Å². The molecule has 0 heterocycles. The second-order valence-corrected chi connectivity index (χ2v) is 6.40. The first-order valence-corrected chi connectivity index (χ1v) is 8.12. The fraction of sp³-hybridized carbons (Fsp3) is 0.667. The summed E-state index contributed by atoms with van der Waals surface area (Å²) in [4.78, 5) is 0. The molecule has 1 fully saturated rings. The summed E-state index contributed by atoms with van der Waals surface area (Å²) in [5.74, 6) is 0.621. The smallest absolute Gasteiger partial charge is 0.123 e. The molecule has 118 valence electrons. The largest absolute Gasteiger partial charge is 0.377 e. The zero-order valence-electron chi connectivity index (χ0n) is 13.5. The SMILES string of the molecule is CCNC(Cc1cccc(F)c1)C1(OC)CCC(C)CC1. The molecular formula is C18H28FNO. The van der Waals surface area contributed by atoms with Gasteiger partial charge in [0, 0.05) is 13.2 Å². The van der Waals surface area contributed by atoms with Crippen molar-refractivity contribution >= 4 is 0 Å². The number of nitrogens with one attached hydrogen (secondary N) is 1. The normalized spacial score (nSPS) is 27.5. The van der Waals surface area contributed by atoms with E-state index in [0.717, 1.165) is 37.3 Å². The van der Waals surface area contributed by atoms with Gasteiger partial charge in [-0.3, -0.25) is 0 Å². The predicted octanol–water partition coefficient (Wildman–Crippen LogP) is 3.94. The van der Waals surface area contributed by atoms with Crippen LogP contribution >= 0.6 is 0 Å². The maximum absolute atomic E-state index is 13.4. The topological polar surface area (TPSA) is 21.3 Å². The molecule has 1 aliphatic rings. The van der Waals surface area contributed by atoms with Crippen molar-refractivity contribution in [1.82, 2.24) is 5.32 Å². The minimum absolute atomic E-state index is 0.116. The maximum atomic E-state index is 13.4. The van der Waals surface area contributed by atoms with E-state index in [1.807, 2.05) is 13.2 Å². The van der Waals surface area contributed by atoms with Crippen molar-refractivity contribution in [2.75, 3.05) is 13.7 Å². The van der Waals surface area contributed by atoms with Crippen molar-refractivity contribution < 1.29 is 9.13 Å². The van der Waals surface area contributed by atoms with Gasteiger partial charge in [-0.25, -0.2) is 4.39 Å². The van der Waals surface area contributed by atoms with Crippen LogP contribution in [0.25, 0.3) is 0 Å². The highest BCUT2D eigenvalue weighted by molar-refractivity contribution is 5.19. The highest BCUT2D eigenvalue weighted by Gasteiger charge is 2.41. The summed E-state index contributed by atoms with van der Waals surface area (Å²) in [5.41, 5.74) is 0.922. The van der Waals surface area contributed by atoms with Crippen molar-refractivity contribution in [1.29, 1.82) is 0 Å². The number of likely N-dealkylation sites (N-methyl/N-ethyl adjacent to an activating group) is 1. The predicted molar refractivity (Wildman–Crippen MR) is 84.9 cm³/mol. The van der Waals surface area contributed by atoms with Gasteiger partial charge in [-0.15, -0.1) is 0 Å². The van der Waals surface area contributed by atoms with Gasteiger partial charge in [-0.05, 0) is 62.3 Å². The van der Waals surface area contributed by atoms with Crippen molar-refractivity contribution in [2.45, 2.75) is 57.6 Å². The lowest BCUT2D eigenvalue weighted by atomic mass is 9.73. The molecule has 0 aliphatic heterocycles. The van der Waals surface area contributed by atoms with Gasteiger partial charge in [0.15, 0.2) is 0 Å². The molecule has 0 spiro atoms. The van der Waals surface area contributed by atoms with Crippen molar-refractivity contribution in [3.05, 3.63) is 35.6 Å². The second kappa shape index (κ2) is 7.37. The van der Waals surface area contributed by atoms with Gasteiger partial charge < -0.3 is 10.1 Å². The molecule has 21 heavy (non-hydrogen) atoms. The van der Waals surface area contributed by atoms with E-state index in [0.29, 0.717) is 0 Å². The third kappa shape index (κ3) is 4.04. The first-order valence-electron chi connectivity index (χ1n) is 8.12. The first-order chi connectivity index (χ1) is 10.1. The summed E-state index contributed by atoms with van der Waals surface area (Å²) in [6.45, 7) is 5.34. The monoisotopic (exact) mass is 293 g/mol. The van der Waals surface area contributed by atoms with Crippen LogP contribution in [-0.4, -0.2) is 25.3 Å². The Morgan fingerprint density at radius 3 is 2.67 bits per heavy atom. The van der Waals surface area contributed by atoms with E-state index in [9.17, 15) is 4.39 Å². The van der Waals surface area contributed by atoms with E-state index in [4.69, 9.17) is 4.74 Å². The Kier molecular flexibility index (Phi) is 5.77. The van der Waals surface area contributed by atoms with E-state index in [1.54, 1.807) is 12.1 Å². The van der Waals surface area contributed by atoms with E-state index in [2.05, 4.69) is 19.2 Å². The summed E-state index contributed by atoms with van der Waals surface area (Å²) in [6.07, 6.45) is 5.39. The van der Waals surface area contributed by atoms with Crippen LogP contribution in [0.2, 0.25) is 0 Å². The summed E-state index contributed by atoms with van der Waals surface area (Å²) in [5, 5.41) is 3.58. The van der Waals surface area contributed by atoms with Crippen molar-refractivity contribution in [3.63, 3.8) is 0 Å². The second-order valence-electron chi connectivity index (χ2n) is 6.40. The lowest BCUT2D eigenvalue weighted by Gasteiger charge is -2.44. The molecule has 0 aromatic heterocycles. The number of ether oxygens (including phenoxy) is 1. The van der Waals surface area contributed by atoms with Crippen LogP contribution in [-0.2, 0) is 11.2 Å². The maximum Gasteiger partial charge on any atom is 0.123 e. The molecule has 0 bridgehead atoms. The Morgan fingerprint density at radius 1 is 1.38 bits per heavy atom. The van der Waals surface area contributed by atoms with E-state index in [-0.39, 0.29) is 17.5 Å². The Hall–Kier alpha value is -0.930. The number of hydrogen-bond acceptors (Lipinski definition) is 2. The highest BCUT2D eigenvalue weighted by atomic mass is 19.1. The molecule has 1 unspecified atom stereocenters. The lowest BCUT2D eigenvalue weighted by molar-refractivity contribution is -0.0742. The number of rotatable bonds is 6. The van der Waals surface area contributed by atoms with Crippen LogP contribution in [0.15, 0.2) is 24.3 Å². The average Bonchev–Trinajstić information content (AvgIpc) is 2.48. The quantitative estimate of drug-likeness (QED) is 0.857. The molecule has 0 amide bonds. The third-order valence-corrected chi connectivity index (χ3v) is 4.94. The van der Waals surface area contributed by atoms with E-state index < -0.39 is 0 Å². The molecule has 0 radical (unpaired) electrons. The molecular weight excluding hydrogens is 265 g/mol. The summed E-state index contributed by atoms with van der Waals surface area (Å²) < 4.78 is 19.4. The standard InChI is InChI=1S/C18H28FNO/c1-4-20-17(13-15-6-5-7-16(19)12-15)18(21-3)10-8-14(2)9-11-18/h5-7,12,14,17,20H,4,8-11,13H2,1-3H3. The van der Waals surface area contributed by atoms with Gasteiger partial charge in [0.25, 0.3) is 0 Å². The van der Waals surface area contributed by atoms with Gasteiger partial charge >= 0.3 is 0 Å². The molecule has 2 rings (SSSR count). The van der Waals surface area contributed by atoms with Crippen molar-refractivity contribution in [3.8, 4) is 0 Å². The number of halogens is 1. The highest BCUT2D eigenvalue weighted by Crippen LogP contribution is 2.37. The van der Waals surface area contributed by atoms with Gasteiger partial charge in [0.2, 0.25) is 0 Å². The minimum atomic E-state index is -0.161. The fourth-order valence-corrected chi connectivity index (χ4v) is 3.54. The van der Waals surface area contributed by atoms with Crippen LogP contribution in [0.1, 0.15) is 45.1 Å². The molecule has 1 aromatic rings. The van der Waals surface area contributed by atoms with E-state index >= 15 is 0 Å². The van der Waals surface area contributed by atoms with Crippen LogP contribution in [0.4, 0.5) is 4.39 Å². The molecule has 1 aliphatic carbocycles. The molecule has 1 N–H and O–H groups in total. The zero-order valence-corrected chi connectivity index (χ0v) is 13.5. The molecule has 1 aromatic carbocycles. The average molecular weight is 293 g/mol. The van der Waals surface area contributed by atoms with Gasteiger partial charge in [-0.1, -0.05) is 26.0 Å². The number of methoxy groups -OCH3 is 1. The lowest BCUT2D eigenvalue weighted by Crippen LogP contribution is -2.55. The summed E-state index contributed by atoms with van der Waals surface area (Å²) in [6, 6.07) is 7.17. The van der Waals surface area contributed by atoms with Gasteiger partial charge in [-0.2, -0.15) is 0 Å². The summed E-state index contributed by atoms with van der Waals surface area (Å²) in [7, 11) is 1.83. The Balaban J connectivity index is 2.16. The minimum Gasteiger partial charge on any atom is -0.377 e.